The van der Waals surface area contributed by atoms with Crippen LogP contribution in [0.15, 0.2) is 21.8 Å². The van der Waals surface area contributed by atoms with Crippen molar-refractivity contribution >= 4 is 55.9 Å². The van der Waals surface area contributed by atoms with Crippen LogP contribution in [0.2, 0.25) is 0 Å². The van der Waals surface area contributed by atoms with Crippen molar-refractivity contribution in [2.24, 2.45) is 5.16 Å². The van der Waals surface area contributed by atoms with Crippen LogP contribution in [0, 0.1) is 11.3 Å². The topological polar surface area (TPSA) is 174 Å². The van der Waals surface area contributed by atoms with Crippen LogP contribution in [-0.4, -0.2) is 74.7 Å². The minimum absolute atomic E-state index is 0.00126. The van der Waals surface area contributed by atoms with Gasteiger partial charge in [0.25, 0.3) is 11.8 Å². The molecule has 0 aliphatic carbocycles. The molecule has 0 aromatic carbocycles. The van der Waals surface area contributed by atoms with Crippen molar-refractivity contribution in [2.45, 2.75) is 6.04 Å². The van der Waals surface area contributed by atoms with E-state index in [1.54, 1.807) is 6.07 Å². The highest BCUT2D eigenvalue weighted by Gasteiger charge is 2.48. The Labute approximate surface area is 176 Å². The molecule has 3 rings (SSSR count). The first-order valence-corrected chi connectivity index (χ1v) is 10.1. The van der Waals surface area contributed by atoms with Crippen molar-refractivity contribution in [1.29, 1.82) is 5.26 Å². The van der Waals surface area contributed by atoms with Gasteiger partial charge in [-0.1, -0.05) is 21.1 Å². The number of nitrogens with one attached hydrogen (secondary N) is 1. The molecule has 1 saturated heterocycles. The number of nitrogen functional groups attached to an aromatic ring is 1. The number of nitrogens with zero attached hydrogens (tertiary/aromatic N) is 5. The molecule has 1 atom stereocenters. The molecule has 4 N–H and O–H groups in total. The number of oxime groups is 1. The monoisotopic (exact) mass is 483 g/mol. The molecule has 0 unspecified atom stereocenters. The fraction of sp³-hybridized carbons (Fsp3) is 0.333. The highest BCUT2D eigenvalue weighted by Crippen LogP contribution is 2.29. The lowest BCUT2D eigenvalue weighted by atomic mass is 10.2. The van der Waals surface area contributed by atoms with E-state index in [0.29, 0.717) is 5.33 Å². The summed E-state index contributed by atoms with van der Waals surface area (Å²) in [5.41, 5.74) is 5.19. The summed E-state index contributed by atoms with van der Waals surface area (Å²) >= 11 is 4.28. The van der Waals surface area contributed by atoms with E-state index in [-0.39, 0.29) is 41.8 Å². The lowest BCUT2D eigenvalue weighted by molar-refractivity contribution is -0.143. The molecule has 0 radical (unpaired) electrons. The maximum atomic E-state index is 12.7. The molecule has 0 spiro atoms. The average Bonchev–Trinajstić information content (AvgIpc) is 3.34. The number of hydrazine groups is 1. The third kappa shape index (κ3) is 4.06. The zero-order valence-corrected chi connectivity index (χ0v) is 17.1. The number of anilines is 1. The number of carbonyl (C=O) groups is 3. The van der Waals surface area contributed by atoms with Crippen molar-refractivity contribution in [3.05, 3.63) is 22.3 Å². The number of carboxylic acid groups (broad SMARTS) is 1. The van der Waals surface area contributed by atoms with Crippen LogP contribution in [0.1, 0.15) is 5.69 Å². The molecule has 1 fully saturated rings. The second-order valence-electron chi connectivity index (χ2n) is 5.80. The predicted molar refractivity (Wildman–Crippen MR) is 103 cm³/mol. The summed E-state index contributed by atoms with van der Waals surface area (Å²) in [6.45, 7) is 0.166. The fourth-order valence-electron chi connectivity index (χ4n) is 2.82. The highest BCUT2D eigenvalue weighted by molar-refractivity contribution is 9.09. The van der Waals surface area contributed by atoms with Gasteiger partial charge in [0.05, 0.1) is 18.2 Å². The Morgan fingerprint density at radius 2 is 2.34 bits per heavy atom. The zero-order valence-electron chi connectivity index (χ0n) is 14.7. The number of fused-ring (bicyclic) bond motifs is 1. The van der Waals surface area contributed by atoms with Crippen LogP contribution in [0.4, 0.5) is 5.13 Å². The second kappa shape index (κ2) is 8.55. The highest BCUT2D eigenvalue weighted by atomic mass is 79.9. The van der Waals surface area contributed by atoms with E-state index in [1.165, 1.54) is 10.4 Å². The molecular weight excluding hydrogens is 470 g/mol. The Morgan fingerprint density at radius 1 is 1.59 bits per heavy atom. The molecule has 152 valence electrons. The van der Waals surface area contributed by atoms with Crippen LogP contribution >= 0.6 is 27.3 Å². The molecule has 2 aliphatic heterocycles. The van der Waals surface area contributed by atoms with Gasteiger partial charge in [-0.05, 0) is 0 Å². The number of nitriles is 1. The number of rotatable bonds is 7. The summed E-state index contributed by atoms with van der Waals surface area (Å²) in [6, 6.07) is 0.755. The number of aromatic nitrogens is 1. The number of carbonyl (C=O) groups excluding carboxylic acids is 2. The lowest BCUT2D eigenvalue weighted by Gasteiger charge is -2.18. The van der Waals surface area contributed by atoms with Gasteiger partial charge < -0.3 is 21.0 Å². The number of nitrogens with two attached hydrogens (primary N) is 1. The molecule has 29 heavy (non-hydrogen) atoms. The third-order valence-corrected chi connectivity index (χ3v) is 4.97. The van der Waals surface area contributed by atoms with Gasteiger partial charge in [0.2, 0.25) is 0 Å². The minimum Gasteiger partial charge on any atom is -0.476 e. The van der Waals surface area contributed by atoms with E-state index in [4.69, 9.17) is 15.8 Å². The van der Waals surface area contributed by atoms with Gasteiger partial charge in [-0.15, -0.1) is 11.3 Å². The Bertz CT molecular complexity index is 969. The Morgan fingerprint density at radius 3 is 2.93 bits per heavy atom. The van der Waals surface area contributed by atoms with E-state index >= 15 is 0 Å². The molecule has 12 nitrogen and oxygen atoms in total. The number of hydrogen-bond acceptors (Lipinski definition) is 10. The summed E-state index contributed by atoms with van der Waals surface area (Å²) in [4.78, 5) is 45.9. The van der Waals surface area contributed by atoms with Crippen LogP contribution in [-0.2, 0) is 19.2 Å². The number of carboxylic acids is 1. The molecule has 1 aromatic rings. The van der Waals surface area contributed by atoms with Crippen LogP contribution < -0.4 is 11.1 Å². The van der Waals surface area contributed by atoms with E-state index < -0.39 is 29.5 Å². The fourth-order valence-corrected chi connectivity index (χ4v) is 3.51. The number of amides is 2. The lowest BCUT2D eigenvalue weighted by Crippen LogP contribution is -2.46. The SMILES string of the molecule is N#CC1=C(C(=O)O)N2C(=O)[C@@H](NC(=O)/C(=N/OCCBr)c3csc(N)n3)CN2C1. The quantitative estimate of drug-likeness (QED) is 0.195. The van der Waals surface area contributed by atoms with Gasteiger partial charge in [-0.25, -0.2) is 19.8 Å². The largest absolute Gasteiger partial charge is 0.476 e. The van der Waals surface area contributed by atoms with E-state index in [2.05, 4.69) is 31.4 Å². The first-order chi connectivity index (χ1) is 13.9. The molecule has 14 heteroatoms. The summed E-state index contributed by atoms with van der Waals surface area (Å²) in [5, 5.41) is 29.2. The van der Waals surface area contributed by atoms with Gasteiger partial charge >= 0.3 is 5.97 Å². The van der Waals surface area contributed by atoms with Crippen LogP contribution in [0.25, 0.3) is 0 Å². The van der Waals surface area contributed by atoms with Gasteiger partial charge in [-0.3, -0.25) is 9.59 Å². The first-order valence-electron chi connectivity index (χ1n) is 8.10. The number of halogens is 1. The molecular formula is C15H14BrN7O5S. The van der Waals surface area contributed by atoms with Crippen LogP contribution in [0.3, 0.4) is 0 Å². The van der Waals surface area contributed by atoms with Crippen LogP contribution in [0.5, 0.6) is 0 Å². The number of hydrogen-bond donors (Lipinski definition) is 3. The summed E-state index contributed by atoms with van der Waals surface area (Å²) in [6.07, 6.45) is 0. The van der Waals surface area contributed by atoms with Gasteiger partial charge in [0.1, 0.15) is 18.3 Å². The Kier molecular flexibility index (Phi) is 6.11. The maximum absolute atomic E-state index is 12.7. The zero-order chi connectivity index (χ0) is 21.1. The van der Waals surface area contributed by atoms with Crippen molar-refractivity contribution in [1.82, 2.24) is 20.3 Å². The standard InChI is InChI=1S/C15H14BrN7O5S/c16-1-2-28-21-10(9-6-29-15(18)20-9)12(24)19-8-5-22-4-7(3-17)11(14(26)27)23(22)13(8)25/h6,8H,1-2,4-5H2,(H2,18,20)(H,19,24)(H,26,27)/b21-10+/t8-/m0/s1. The normalized spacial score (nSPS) is 19.3. The third-order valence-electron chi connectivity index (χ3n) is 3.97. The molecule has 0 saturated carbocycles. The Hall–Kier alpha value is -3.02. The molecule has 3 heterocycles. The number of aliphatic carboxylic acids is 1. The van der Waals surface area contributed by atoms with Gasteiger partial charge in [-0.2, -0.15) is 5.26 Å². The first kappa shape index (κ1) is 20.7. The van der Waals surface area contributed by atoms with E-state index in [0.717, 1.165) is 16.3 Å². The number of alkyl halides is 1. The van der Waals surface area contributed by atoms with Crippen molar-refractivity contribution in [3.63, 3.8) is 0 Å². The molecule has 0 bridgehead atoms. The average molecular weight is 484 g/mol. The smallest absolute Gasteiger partial charge is 0.355 e. The summed E-state index contributed by atoms with van der Waals surface area (Å²) in [5.74, 6) is -2.79. The van der Waals surface area contributed by atoms with Crippen molar-refractivity contribution < 1.29 is 24.3 Å². The maximum Gasteiger partial charge on any atom is 0.355 e. The molecule has 2 aliphatic rings. The summed E-state index contributed by atoms with van der Waals surface area (Å²) < 4.78 is 0. The number of thiazole rings is 1. The molecule has 1 aromatic heterocycles. The van der Waals surface area contributed by atoms with Crippen molar-refractivity contribution in [3.8, 4) is 6.07 Å². The summed E-state index contributed by atoms with van der Waals surface area (Å²) in [7, 11) is 0. The molecule has 2 amide bonds. The van der Waals surface area contributed by atoms with Gasteiger partial charge in [0, 0.05) is 17.3 Å². The van der Waals surface area contributed by atoms with Crippen molar-refractivity contribution in [2.75, 3.05) is 30.8 Å². The van der Waals surface area contributed by atoms with Gasteiger partial charge in [0.15, 0.2) is 16.5 Å². The Balaban J connectivity index is 1.79. The predicted octanol–water partition coefficient (Wildman–Crippen LogP) is -0.739. The van der Waals surface area contributed by atoms with E-state index in [9.17, 15) is 19.5 Å². The van der Waals surface area contributed by atoms with E-state index in [1.807, 2.05) is 0 Å². The second-order valence-corrected chi connectivity index (χ2v) is 7.48. The minimum atomic E-state index is -1.40.